The molecule has 1 aliphatic heterocycles. The summed E-state index contributed by atoms with van der Waals surface area (Å²) >= 11 is 0. The molecule has 13 heteroatoms. The van der Waals surface area contributed by atoms with E-state index in [-0.39, 0.29) is 41.8 Å². The lowest BCUT2D eigenvalue weighted by Crippen LogP contribution is -2.50. The van der Waals surface area contributed by atoms with Gasteiger partial charge in [0.05, 0.1) is 13.7 Å². The zero-order valence-corrected chi connectivity index (χ0v) is 23.0. The Hall–Kier alpha value is -4.29. The summed E-state index contributed by atoms with van der Waals surface area (Å²) in [5.74, 6) is -4.97. The molecule has 0 N–H and O–H groups in total. The maximum absolute atomic E-state index is 14.7. The van der Waals surface area contributed by atoms with Crippen molar-refractivity contribution in [1.29, 1.82) is 0 Å². The van der Waals surface area contributed by atoms with E-state index in [2.05, 4.69) is 0 Å². The van der Waals surface area contributed by atoms with Gasteiger partial charge >= 0.3 is 12.3 Å². The summed E-state index contributed by atoms with van der Waals surface area (Å²) in [5.41, 5.74) is -0.979. The summed E-state index contributed by atoms with van der Waals surface area (Å²) in [6.45, 7) is -0.601. The number of hydrogen-bond acceptors (Lipinski definition) is 5. The fraction of sp³-hybridized carbons (Fsp3) is 0.367. The van der Waals surface area contributed by atoms with Crippen LogP contribution in [0.5, 0.6) is 5.75 Å². The zero-order valence-electron chi connectivity index (χ0n) is 23.0. The Morgan fingerprint density at radius 1 is 1.12 bits per heavy atom. The number of fused-ring (bicyclic) bond motifs is 2. The van der Waals surface area contributed by atoms with E-state index < -0.39 is 72.1 Å². The summed E-state index contributed by atoms with van der Waals surface area (Å²) in [4.78, 5) is 41.0. The highest BCUT2D eigenvalue weighted by atomic mass is 19.4. The number of ketones is 1. The standard InChI is InChI=1S/C30H26F6N2O5/c1-16(30(34,35)36)38(13-17-3-5-18(31)6-4-17)26(39)14-37-15-29(43-28(37)41)10-9-20-22(29)8-7-19(27(20)40)21-11-24(33)25(42-2)12-23(21)32/h3-8,11-12,16,20H,9-10,13-15H2,1-2H3/t16-,20?,29-/m0/s1. The van der Waals surface area contributed by atoms with Crippen molar-refractivity contribution >= 4 is 23.4 Å². The molecule has 43 heavy (non-hydrogen) atoms. The first-order valence-corrected chi connectivity index (χ1v) is 13.3. The predicted octanol–water partition coefficient (Wildman–Crippen LogP) is 5.59. The van der Waals surface area contributed by atoms with Crippen LogP contribution in [0.25, 0.3) is 5.57 Å². The van der Waals surface area contributed by atoms with E-state index in [1.807, 2.05) is 0 Å². The zero-order chi connectivity index (χ0) is 31.3. The van der Waals surface area contributed by atoms with Crippen molar-refractivity contribution in [3.8, 4) is 5.75 Å². The fourth-order valence-corrected chi connectivity index (χ4v) is 5.79. The largest absolute Gasteiger partial charge is 0.494 e. The molecule has 0 radical (unpaired) electrons. The minimum atomic E-state index is -4.77. The Morgan fingerprint density at radius 3 is 2.47 bits per heavy atom. The molecule has 3 aliphatic rings. The van der Waals surface area contributed by atoms with Crippen LogP contribution in [-0.2, 0) is 20.9 Å². The molecular weight excluding hydrogens is 582 g/mol. The van der Waals surface area contributed by atoms with Crippen LogP contribution < -0.4 is 4.74 Å². The number of methoxy groups -OCH3 is 1. The van der Waals surface area contributed by atoms with Crippen LogP contribution >= 0.6 is 0 Å². The van der Waals surface area contributed by atoms with Gasteiger partial charge in [0, 0.05) is 29.7 Å². The molecule has 2 fully saturated rings. The van der Waals surface area contributed by atoms with Crippen molar-refractivity contribution < 1.29 is 50.2 Å². The Labute approximate surface area is 242 Å². The first kappa shape index (κ1) is 30.2. The minimum Gasteiger partial charge on any atom is -0.494 e. The van der Waals surface area contributed by atoms with Crippen molar-refractivity contribution in [3.05, 3.63) is 82.7 Å². The maximum atomic E-state index is 14.7. The van der Waals surface area contributed by atoms with Gasteiger partial charge in [-0.05, 0) is 49.1 Å². The predicted molar refractivity (Wildman–Crippen MR) is 140 cm³/mol. The quantitative estimate of drug-likeness (QED) is 0.384. The second kappa shape index (κ2) is 11.1. The molecule has 1 saturated carbocycles. The molecule has 2 amide bonds. The number of halogens is 6. The van der Waals surface area contributed by atoms with Crippen molar-refractivity contribution in [2.45, 2.75) is 44.1 Å². The molecule has 2 aromatic carbocycles. The topological polar surface area (TPSA) is 76.2 Å². The van der Waals surface area contributed by atoms with Gasteiger partial charge in [-0.25, -0.2) is 18.0 Å². The van der Waals surface area contributed by atoms with Gasteiger partial charge in [-0.1, -0.05) is 24.3 Å². The van der Waals surface area contributed by atoms with Crippen LogP contribution in [0.2, 0.25) is 0 Å². The van der Waals surface area contributed by atoms with Gasteiger partial charge in [0.1, 0.15) is 24.2 Å². The Kier molecular flexibility index (Phi) is 7.78. The molecule has 228 valence electrons. The van der Waals surface area contributed by atoms with Crippen LogP contribution in [-0.4, -0.2) is 65.6 Å². The highest BCUT2D eigenvalue weighted by molar-refractivity contribution is 6.24. The number of rotatable bonds is 7. The van der Waals surface area contributed by atoms with Crippen LogP contribution in [0.15, 0.2) is 54.1 Å². The molecule has 0 bridgehead atoms. The third kappa shape index (κ3) is 5.59. The van der Waals surface area contributed by atoms with Gasteiger partial charge in [-0.3, -0.25) is 14.5 Å². The third-order valence-electron chi connectivity index (χ3n) is 8.12. The summed E-state index contributed by atoms with van der Waals surface area (Å²) in [6, 6.07) is 4.14. The van der Waals surface area contributed by atoms with E-state index >= 15 is 0 Å². The first-order valence-electron chi connectivity index (χ1n) is 13.3. The van der Waals surface area contributed by atoms with Crippen molar-refractivity contribution in [2.24, 2.45) is 5.92 Å². The number of ether oxygens (including phenoxy) is 2. The lowest BCUT2D eigenvalue weighted by Gasteiger charge is -2.32. The second-order valence-corrected chi connectivity index (χ2v) is 10.7. The van der Waals surface area contributed by atoms with Gasteiger partial charge < -0.3 is 14.4 Å². The van der Waals surface area contributed by atoms with Gasteiger partial charge in [0.2, 0.25) is 5.91 Å². The highest BCUT2D eigenvalue weighted by Crippen LogP contribution is 2.50. The monoisotopic (exact) mass is 608 g/mol. The molecule has 2 aliphatic carbocycles. The Morgan fingerprint density at radius 2 is 1.81 bits per heavy atom. The number of alkyl halides is 3. The average molecular weight is 609 g/mol. The molecule has 3 atom stereocenters. The van der Waals surface area contributed by atoms with Crippen molar-refractivity contribution in [3.63, 3.8) is 0 Å². The Bertz CT molecular complexity index is 1540. The van der Waals surface area contributed by atoms with E-state index in [0.29, 0.717) is 10.5 Å². The summed E-state index contributed by atoms with van der Waals surface area (Å²) in [5, 5.41) is 0. The summed E-state index contributed by atoms with van der Waals surface area (Å²) in [6.07, 6.45) is -2.53. The molecule has 1 spiro atoms. The normalized spacial score (nSPS) is 22.2. The smallest absolute Gasteiger partial charge is 0.411 e. The molecule has 2 aromatic rings. The third-order valence-corrected chi connectivity index (χ3v) is 8.12. The van der Waals surface area contributed by atoms with Crippen LogP contribution in [0.3, 0.4) is 0 Å². The van der Waals surface area contributed by atoms with Crippen molar-refractivity contribution in [1.82, 2.24) is 9.80 Å². The molecule has 0 aromatic heterocycles. The van der Waals surface area contributed by atoms with Crippen LogP contribution in [0.1, 0.15) is 30.9 Å². The number of amides is 2. The lowest BCUT2D eigenvalue weighted by molar-refractivity contribution is -0.187. The lowest BCUT2D eigenvalue weighted by atomic mass is 9.81. The number of nitrogens with zero attached hydrogens (tertiary/aromatic N) is 2. The summed E-state index contributed by atoms with van der Waals surface area (Å²) < 4.78 is 93.8. The number of hydrogen-bond donors (Lipinski definition) is 0. The second-order valence-electron chi connectivity index (χ2n) is 10.7. The minimum absolute atomic E-state index is 0.0706. The van der Waals surface area contributed by atoms with Gasteiger partial charge in [0.25, 0.3) is 0 Å². The fourth-order valence-electron chi connectivity index (χ4n) is 5.79. The molecule has 1 unspecified atom stereocenters. The van der Waals surface area contributed by atoms with E-state index in [1.54, 1.807) is 0 Å². The van der Waals surface area contributed by atoms with Crippen LogP contribution in [0.4, 0.5) is 31.1 Å². The molecular formula is C30H26F6N2O5. The van der Waals surface area contributed by atoms with E-state index in [4.69, 9.17) is 9.47 Å². The first-order chi connectivity index (χ1) is 20.2. The molecule has 1 heterocycles. The number of Topliss-reactive ketones (excluding diaryl/α,β-unsaturated/α-hetero) is 1. The highest BCUT2D eigenvalue weighted by Gasteiger charge is 2.56. The number of carbonyl (C=O) groups is 3. The summed E-state index contributed by atoms with van der Waals surface area (Å²) in [7, 11) is 1.18. The van der Waals surface area contributed by atoms with Crippen LogP contribution in [0, 0.1) is 23.4 Å². The SMILES string of the molecule is COc1cc(F)c(C2=CC=C3C(CC[C@]34CN(CC(=O)N(Cc3ccc(F)cc3)[C@@H](C)C(F)(F)F)C(=O)O4)C2=O)cc1F. The van der Waals surface area contributed by atoms with E-state index in [9.17, 15) is 40.7 Å². The van der Waals surface area contributed by atoms with Crippen molar-refractivity contribution in [2.75, 3.05) is 20.2 Å². The number of allylic oxidation sites excluding steroid dienone is 3. The molecule has 7 nitrogen and oxygen atoms in total. The van der Waals surface area contributed by atoms with E-state index in [1.165, 1.54) is 31.4 Å². The number of carbonyl (C=O) groups excluding carboxylic acids is 3. The average Bonchev–Trinajstić information content (AvgIpc) is 3.47. The molecule has 1 saturated heterocycles. The molecule has 5 rings (SSSR count). The number of benzene rings is 2. The van der Waals surface area contributed by atoms with Gasteiger partial charge in [-0.2, -0.15) is 13.2 Å². The Balaban J connectivity index is 1.37. The van der Waals surface area contributed by atoms with Gasteiger partial charge in [-0.15, -0.1) is 0 Å². The van der Waals surface area contributed by atoms with Gasteiger partial charge in [0.15, 0.2) is 23.0 Å². The van der Waals surface area contributed by atoms with E-state index in [0.717, 1.165) is 36.1 Å². The maximum Gasteiger partial charge on any atom is 0.411 e.